The third-order valence-electron chi connectivity index (χ3n) is 1.91. The summed E-state index contributed by atoms with van der Waals surface area (Å²) < 4.78 is 5.43. The molecule has 16 heavy (non-hydrogen) atoms. The molecule has 0 amide bonds. The van der Waals surface area contributed by atoms with Gasteiger partial charge in [-0.25, -0.2) is 4.79 Å². The normalized spacial score (nSPS) is 9.88. The van der Waals surface area contributed by atoms with Crippen molar-refractivity contribution < 1.29 is 24.5 Å². The average molecular weight is 289 g/mol. The van der Waals surface area contributed by atoms with Gasteiger partial charge in [-0.3, -0.25) is 4.79 Å². The van der Waals surface area contributed by atoms with Crippen LogP contribution < -0.4 is 4.74 Å². The lowest BCUT2D eigenvalue weighted by atomic mass is 10.1. The van der Waals surface area contributed by atoms with Gasteiger partial charge in [-0.05, 0) is 12.1 Å². The first kappa shape index (κ1) is 12.5. The Morgan fingerprint density at radius 1 is 1.38 bits per heavy atom. The molecule has 0 saturated carbocycles. The SMILES string of the molecule is COc1c(CC(=O)O)cc(Br)cc1C(=O)O. The largest absolute Gasteiger partial charge is 0.496 e. The van der Waals surface area contributed by atoms with Crippen molar-refractivity contribution in [2.24, 2.45) is 0 Å². The van der Waals surface area contributed by atoms with Gasteiger partial charge in [-0.15, -0.1) is 0 Å². The second-order valence-electron chi connectivity index (χ2n) is 3.02. The van der Waals surface area contributed by atoms with Crippen molar-refractivity contribution in [1.29, 1.82) is 0 Å². The quantitative estimate of drug-likeness (QED) is 0.882. The second-order valence-corrected chi connectivity index (χ2v) is 3.94. The molecule has 0 unspecified atom stereocenters. The van der Waals surface area contributed by atoms with E-state index in [-0.39, 0.29) is 17.7 Å². The minimum atomic E-state index is -1.16. The van der Waals surface area contributed by atoms with E-state index in [1.54, 1.807) is 0 Å². The maximum absolute atomic E-state index is 10.9. The molecular weight excluding hydrogens is 280 g/mol. The molecule has 0 saturated heterocycles. The van der Waals surface area contributed by atoms with Crippen LogP contribution in [0.2, 0.25) is 0 Å². The number of hydrogen-bond acceptors (Lipinski definition) is 3. The zero-order valence-electron chi connectivity index (χ0n) is 8.36. The van der Waals surface area contributed by atoms with E-state index in [1.165, 1.54) is 19.2 Å². The topological polar surface area (TPSA) is 83.8 Å². The first-order valence-electron chi connectivity index (χ1n) is 4.27. The van der Waals surface area contributed by atoms with Crippen molar-refractivity contribution in [3.63, 3.8) is 0 Å². The van der Waals surface area contributed by atoms with Gasteiger partial charge >= 0.3 is 11.9 Å². The van der Waals surface area contributed by atoms with Crippen LogP contribution in [0.15, 0.2) is 16.6 Å². The van der Waals surface area contributed by atoms with Crippen molar-refractivity contribution in [3.05, 3.63) is 27.7 Å². The van der Waals surface area contributed by atoms with Gasteiger partial charge in [-0.2, -0.15) is 0 Å². The average Bonchev–Trinajstić information content (AvgIpc) is 2.15. The van der Waals surface area contributed by atoms with Crippen LogP contribution in [0.3, 0.4) is 0 Å². The molecule has 0 aromatic heterocycles. The first-order chi connectivity index (χ1) is 7.45. The van der Waals surface area contributed by atoms with E-state index in [4.69, 9.17) is 14.9 Å². The highest BCUT2D eigenvalue weighted by Gasteiger charge is 2.17. The highest BCUT2D eigenvalue weighted by Crippen LogP contribution is 2.28. The monoisotopic (exact) mass is 288 g/mol. The Kier molecular flexibility index (Phi) is 3.89. The van der Waals surface area contributed by atoms with Crippen molar-refractivity contribution >= 4 is 27.9 Å². The number of rotatable bonds is 4. The lowest BCUT2D eigenvalue weighted by molar-refractivity contribution is -0.136. The van der Waals surface area contributed by atoms with Crippen molar-refractivity contribution in [3.8, 4) is 5.75 Å². The summed E-state index contributed by atoms with van der Waals surface area (Å²) in [7, 11) is 1.31. The maximum atomic E-state index is 10.9. The van der Waals surface area contributed by atoms with Gasteiger partial charge in [0.25, 0.3) is 0 Å². The van der Waals surface area contributed by atoms with Crippen LogP contribution in [0.5, 0.6) is 5.75 Å². The van der Waals surface area contributed by atoms with Crippen molar-refractivity contribution in [1.82, 2.24) is 0 Å². The second kappa shape index (κ2) is 4.98. The summed E-state index contributed by atoms with van der Waals surface area (Å²) >= 11 is 3.12. The molecule has 0 aliphatic carbocycles. The summed E-state index contributed by atoms with van der Waals surface area (Å²) in [5.41, 5.74) is 0.259. The Balaban J connectivity index is 3.35. The standard InChI is InChI=1S/C10H9BrO5/c1-16-9-5(3-8(12)13)2-6(11)4-7(9)10(14)15/h2,4H,3H2,1H3,(H,12,13)(H,14,15). The van der Waals surface area contributed by atoms with E-state index in [0.717, 1.165) is 0 Å². The number of methoxy groups -OCH3 is 1. The Morgan fingerprint density at radius 3 is 2.44 bits per heavy atom. The molecule has 1 aromatic rings. The molecule has 5 nitrogen and oxygen atoms in total. The van der Waals surface area contributed by atoms with E-state index in [2.05, 4.69) is 15.9 Å². The Hall–Kier alpha value is -1.56. The maximum Gasteiger partial charge on any atom is 0.339 e. The molecule has 6 heteroatoms. The molecule has 0 spiro atoms. The molecule has 1 rings (SSSR count). The van der Waals surface area contributed by atoms with Gasteiger partial charge in [0.2, 0.25) is 0 Å². The van der Waals surface area contributed by atoms with E-state index in [9.17, 15) is 9.59 Å². The zero-order valence-corrected chi connectivity index (χ0v) is 9.94. The van der Waals surface area contributed by atoms with Crippen LogP contribution in [0.4, 0.5) is 0 Å². The van der Waals surface area contributed by atoms with Gasteiger partial charge < -0.3 is 14.9 Å². The van der Waals surface area contributed by atoms with Crippen LogP contribution in [-0.4, -0.2) is 29.3 Å². The molecular formula is C10H9BrO5. The summed E-state index contributed by atoms with van der Waals surface area (Å²) in [5, 5.41) is 17.6. The number of halogens is 1. The zero-order chi connectivity index (χ0) is 12.3. The number of aliphatic carboxylic acids is 1. The predicted octanol–water partition coefficient (Wildman–Crippen LogP) is 1.78. The minimum Gasteiger partial charge on any atom is -0.496 e. The van der Waals surface area contributed by atoms with Crippen LogP contribution in [-0.2, 0) is 11.2 Å². The molecule has 0 fully saturated rings. The van der Waals surface area contributed by atoms with E-state index in [0.29, 0.717) is 10.0 Å². The van der Waals surface area contributed by atoms with Crippen molar-refractivity contribution in [2.75, 3.05) is 7.11 Å². The van der Waals surface area contributed by atoms with Crippen molar-refractivity contribution in [2.45, 2.75) is 6.42 Å². The van der Waals surface area contributed by atoms with Gasteiger partial charge in [-0.1, -0.05) is 15.9 Å². The number of carboxylic acids is 2. The van der Waals surface area contributed by atoms with Crippen LogP contribution in [0.25, 0.3) is 0 Å². The highest BCUT2D eigenvalue weighted by molar-refractivity contribution is 9.10. The first-order valence-corrected chi connectivity index (χ1v) is 5.06. The molecule has 0 radical (unpaired) electrons. The van der Waals surface area contributed by atoms with Gasteiger partial charge in [0.05, 0.1) is 13.5 Å². The molecule has 0 atom stereocenters. The summed E-state index contributed by atoms with van der Waals surface area (Å²) in [4.78, 5) is 21.5. The fourth-order valence-electron chi connectivity index (χ4n) is 1.34. The molecule has 0 bridgehead atoms. The number of benzene rings is 1. The number of carbonyl (C=O) groups is 2. The van der Waals surface area contributed by atoms with E-state index in [1.807, 2.05) is 0 Å². The lowest BCUT2D eigenvalue weighted by Crippen LogP contribution is -2.07. The highest BCUT2D eigenvalue weighted by atomic mass is 79.9. The molecule has 0 aliphatic heterocycles. The molecule has 86 valence electrons. The minimum absolute atomic E-state index is 0.0619. The van der Waals surface area contributed by atoms with E-state index >= 15 is 0 Å². The third kappa shape index (κ3) is 2.73. The summed E-state index contributed by atoms with van der Waals surface area (Å²) in [6, 6.07) is 2.89. The van der Waals surface area contributed by atoms with Crippen LogP contribution in [0.1, 0.15) is 15.9 Å². The predicted molar refractivity (Wildman–Crippen MR) is 59.0 cm³/mol. The summed E-state index contributed by atoms with van der Waals surface area (Å²) in [6.45, 7) is 0. The number of carboxylic acid groups (broad SMARTS) is 2. The fourth-order valence-corrected chi connectivity index (χ4v) is 1.85. The number of aromatic carboxylic acids is 1. The Labute approximate surface area is 99.8 Å². The Morgan fingerprint density at radius 2 is 2.00 bits per heavy atom. The third-order valence-corrected chi connectivity index (χ3v) is 2.36. The van der Waals surface area contributed by atoms with Crippen LogP contribution in [0, 0.1) is 0 Å². The smallest absolute Gasteiger partial charge is 0.339 e. The van der Waals surface area contributed by atoms with Gasteiger partial charge in [0, 0.05) is 10.0 Å². The molecule has 1 aromatic carbocycles. The molecule has 2 N–H and O–H groups in total. The lowest BCUT2D eigenvalue weighted by Gasteiger charge is -2.10. The fraction of sp³-hybridized carbons (Fsp3) is 0.200. The van der Waals surface area contributed by atoms with E-state index < -0.39 is 11.9 Å². The molecule has 0 heterocycles. The van der Waals surface area contributed by atoms with Gasteiger partial charge in [0.15, 0.2) is 0 Å². The number of hydrogen-bond donors (Lipinski definition) is 2. The summed E-state index contributed by atoms with van der Waals surface area (Å²) in [5.74, 6) is -2.13. The summed E-state index contributed by atoms with van der Waals surface area (Å²) in [6.07, 6.45) is -0.289. The molecule has 0 aliphatic rings. The number of ether oxygens (including phenoxy) is 1. The van der Waals surface area contributed by atoms with Crippen LogP contribution >= 0.6 is 15.9 Å². The van der Waals surface area contributed by atoms with Gasteiger partial charge in [0.1, 0.15) is 11.3 Å². The Bertz CT molecular complexity index is 441.